The second-order valence-corrected chi connectivity index (χ2v) is 5.71. The van der Waals surface area contributed by atoms with Crippen LogP contribution in [0.1, 0.15) is 37.0 Å². The Morgan fingerprint density at radius 3 is 2.87 bits per heavy atom. The molecule has 0 aliphatic heterocycles. The highest BCUT2D eigenvalue weighted by Crippen LogP contribution is 2.22. The maximum Gasteiger partial charge on any atom is 0.110 e. The van der Waals surface area contributed by atoms with Crippen LogP contribution in [-0.4, -0.2) is 23.0 Å². The Kier molecular flexibility index (Phi) is 6.29. The first-order valence-electron chi connectivity index (χ1n) is 5.51. The normalized spacial score (nSPS) is 13.0. The first-order chi connectivity index (χ1) is 7.27. The van der Waals surface area contributed by atoms with Crippen molar-refractivity contribution in [3.63, 3.8) is 0 Å². The average molecular weight is 244 g/mol. The molecule has 0 bridgehead atoms. The van der Waals surface area contributed by atoms with Crippen LogP contribution in [0.2, 0.25) is 0 Å². The van der Waals surface area contributed by atoms with E-state index >= 15 is 0 Å². The molecule has 86 valence electrons. The molecule has 0 aliphatic carbocycles. The highest BCUT2D eigenvalue weighted by atomic mass is 32.2. The van der Waals surface area contributed by atoms with Crippen molar-refractivity contribution >= 4 is 23.1 Å². The predicted molar refractivity (Wildman–Crippen MR) is 70.9 cm³/mol. The van der Waals surface area contributed by atoms with Gasteiger partial charge in [-0.05, 0) is 31.4 Å². The lowest BCUT2D eigenvalue weighted by Gasteiger charge is -2.14. The summed E-state index contributed by atoms with van der Waals surface area (Å²) in [5, 5.41) is 6.88. The van der Waals surface area contributed by atoms with Gasteiger partial charge in [0.15, 0.2) is 0 Å². The van der Waals surface area contributed by atoms with Crippen molar-refractivity contribution in [2.75, 3.05) is 18.1 Å². The zero-order chi connectivity index (χ0) is 11.1. The third-order valence-electron chi connectivity index (χ3n) is 2.14. The molecule has 1 rings (SSSR count). The Labute approximate surface area is 101 Å². The Morgan fingerprint density at radius 2 is 2.33 bits per heavy atom. The SMILES string of the molecule is CCNC(CCSCC)c1nc(C)cs1. The highest BCUT2D eigenvalue weighted by Gasteiger charge is 2.13. The minimum Gasteiger partial charge on any atom is -0.308 e. The fourth-order valence-corrected chi connectivity index (χ4v) is 3.03. The minimum absolute atomic E-state index is 0.452. The van der Waals surface area contributed by atoms with Crippen molar-refractivity contribution in [3.05, 3.63) is 16.1 Å². The number of aromatic nitrogens is 1. The van der Waals surface area contributed by atoms with Crippen LogP contribution in [0, 0.1) is 6.92 Å². The third-order valence-corrected chi connectivity index (χ3v) is 4.15. The molecule has 1 heterocycles. The molecular formula is C11H20N2S2. The molecule has 0 saturated carbocycles. The largest absolute Gasteiger partial charge is 0.308 e. The monoisotopic (exact) mass is 244 g/mol. The molecule has 0 amide bonds. The fraction of sp³-hybridized carbons (Fsp3) is 0.727. The highest BCUT2D eigenvalue weighted by molar-refractivity contribution is 7.99. The smallest absolute Gasteiger partial charge is 0.110 e. The van der Waals surface area contributed by atoms with Gasteiger partial charge in [0.2, 0.25) is 0 Å². The number of nitrogens with zero attached hydrogens (tertiary/aromatic N) is 1. The fourth-order valence-electron chi connectivity index (χ4n) is 1.44. The third kappa shape index (κ3) is 4.53. The maximum absolute atomic E-state index is 4.56. The minimum atomic E-state index is 0.452. The van der Waals surface area contributed by atoms with Crippen molar-refractivity contribution in [1.82, 2.24) is 10.3 Å². The molecule has 1 aromatic heterocycles. The van der Waals surface area contributed by atoms with E-state index in [0.717, 1.165) is 12.2 Å². The molecule has 0 spiro atoms. The summed E-state index contributed by atoms with van der Waals surface area (Å²) in [5.74, 6) is 2.42. The number of nitrogens with one attached hydrogen (secondary N) is 1. The van der Waals surface area contributed by atoms with E-state index in [1.54, 1.807) is 11.3 Å². The lowest BCUT2D eigenvalue weighted by Crippen LogP contribution is -2.21. The van der Waals surface area contributed by atoms with Crippen LogP contribution in [0.3, 0.4) is 0 Å². The van der Waals surface area contributed by atoms with Gasteiger partial charge in [-0.2, -0.15) is 11.8 Å². The van der Waals surface area contributed by atoms with Crippen molar-refractivity contribution < 1.29 is 0 Å². The van der Waals surface area contributed by atoms with Crippen molar-refractivity contribution in [2.24, 2.45) is 0 Å². The summed E-state index contributed by atoms with van der Waals surface area (Å²) in [5.41, 5.74) is 1.14. The summed E-state index contributed by atoms with van der Waals surface area (Å²) in [6.07, 6.45) is 1.18. The molecule has 1 N–H and O–H groups in total. The van der Waals surface area contributed by atoms with E-state index in [1.807, 2.05) is 11.8 Å². The van der Waals surface area contributed by atoms with E-state index in [2.05, 4.69) is 36.5 Å². The molecule has 2 nitrogen and oxygen atoms in total. The summed E-state index contributed by atoms with van der Waals surface area (Å²) in [4.78, 5) is 4.56. The van der Waals surface area contributed by atoms with Crippen LogP contribution in [0.4, 0.5) is 0 Å². The molecular weight excluding hydrogens is 224 g/mol. The Balaban J connectivity index is 2.49. The quantitative estimate of drug-likeness (QED) is 0.745. The number of hydrogen-bond donors (Lipinski definition) is 1. The van der Waals surface area contributed by atoms with Gasteiger partial charge in [-0.1, -0.05) is 13.8 Å². The van der Waals surface area contributed by atoms with Gasteiger partial charge in [-0.3, -0.25) is 0 Å². The molecule has 15 heavy (non-hydrogen) atoms. The molecule has 4 heteroatoms. The Bertz CT molecular complexity index is 273. The molecule has 0 aliphatic rings. The van der Waals surface area contributed by atoms with Crippen molar-refractivity contribution in [3.8, 4) is 0 Å². The second kappa shape index (κ2) is 7.25. The van der Waals surface area contributed by atoms with Gasteiger partial charge in [-0.25, -0.2) is 4.98 Å². The van der Waals surface area contributed by atoms with Crippen molar-refractivity contribution in [1.29, 1.82) is 0 Å². The molecule has 1 unspecified atom stereocenters. The van der Waals surface area contributed by atoms with Crippen LogP contribution in [0.15, 0.2) is 5.38 Å². The number of thiazole rings is 1. The number of hydrogen-bond acceptors (Lipinski definition) is 4. The Hall–Kier alpha value is -0.0600. The zero-order valence-electron chi connectivity index (χ0n) is 9.75. The number of thioether (sulfide) groups is 1. The van der Waals surface area contributed by atoms with Gasteiger partial charge in [-0.15, -0.1) is 11.3 Å². The molecule has 0 fully saturated rings. The van der Waals surface area contributed by atoms with E-state index in [0.29, 0.717) is 6.04 Å². The Morgan fingerprint density at radius 1 is 1.53 bits per heavy atom. The first kappa shape index (κ1) is 13.0. The van der Waals surface area contributed by atoms with Crippen LogP contribution in [0.5, 0.6) is 0 Å². The van der Waals surface area contributed by atoms with E-state index in [-0.39, 0.29) is 0 Å². The maximum atomic E-state index is 4.56. The summed E-state index contributed by atoms with van der Waals surface area (Å²) >= 11 is 3.77. The van der Waals surface area contributed by atoms with E-state index in [9.17, 15) is 0 Å². The van der Waals surface area contributed by atoms with Crippen LogP contribution in [0.25, 0.3) is 0 Å². The molecule has 1 aromatic rings. The van der Waals surface area contributed by atoms with Crippen LogP contribution in [-0.2, 0) is 0 Å². The number of rotatable bonds is 7. The van der Waals surface area contributed by atoms with Crippen LogP contribution >= 0.6 is 23.1 Å². The lowest BCUT2D eigenvalue weighted by molar-refractivity contribution is 0.537. The lowest BCUT2D eigenvalue weighted by atomic mass is 10.2. The van der Waals surface area contributed by atoms with Gasteiger partial charge >= 0.3 is 0 Å². The summed E-state index contributed by atoms with van der Waals surface area (Å²) in [6.45, 7) is 7.44. The van der Waals surface area contributed by atoms with Gasteiger partial charge in [0.25, 0.3) is 0 Å². The predicted octanol–water partition coefficient (Wildman–Crippen LogP) is 3.25. The van der Waals surface area contributed by atoms with E-state index < -0.39 is 0 Å². The standard InChI is InChI=1S/C11H20N2S2/c1-4-12-10(6-7-14-5-2)11-13-9(3)8-15-11/h8,10,12H,4-7H2,1-3H3. The van der Waals surface area contributed by atoms with Gasteiger partial charge < -0.3 is 5.32 Å². The second-order valence-electron chi connectivity index (χ2n) is 3.42. The number of aryl methyl sites for hydroxylation is 1. The van der Waals surface area contributed by atoms with Gasteiger partial charge in [0.05, 0.1) is 6.04 Å². The zero-order valence-corrected chi connectivity index (χ0v) is 11.4. The van der Waals surface area contributed by atoms with Crippen molar-refractivity contribution in [2.45, 2.75) is 33.2 Å². The summed E-state index contributed by atoms with van der Waals surface area (Å²) < 4.78 is 0. The first-order valence-corrected chi connectivity index (χ1v) is 7.54. The summed E-state index contributed by atoms with van der Waals surface area (Å²) in [6, 6.07) is 0.452. The molecule has 0 saturated heterocycles. The topological polar surface area (TPSA) is 24.9 Å². The summed E-state index contributed by atoms with van der Waals surface area (Å²) in [7, 11) is 0. The van der Waals surface area contributed by atoms with Gasteiger partial charge in [0, 0.05) is 11.1 Å². The molecule has 0 aromatic carbocycles. The van der Waals surface area contributed by atoms with Gasteiger partial charge in [0.1, 0.15) is 5.01 Å². The average Bonchev–Trinajstić information content (AvgIpc) is 2.64. The van der Waals surface area contributed by atoms with E-state index in [1.165, 1.54) is 22.9 Å². The van der Waals surface area contributed by atoms with E-state index in [4.69, 9.17) is 0 Å². The molecule has 0 radical (unpaired) electrons. The molecule has 1 atom stereocenters. The van der Waals surface area contributed by atoms with Crippen LogP contribution < -0.4 is 5.32 Å².